The second-order valence-electron chi connectivity index (χ2n) is 8.38. The van der Waals surface area contributed by atoms with Crippen LogP contribution in [0.2, 0.25) is 0 Å². The zero-order valence-electron chi connectivity index (χ0n) is 18.4. The van der Waals surface area contributed by atoms with E-state index in [1.807, 2.05) is 6.07 Å². The van der Waals surface area contributed by atoms with Crippen LogP contribution in [0.15, 0.2) is 54.2 Å². The number of amides is 3. The minimum absolute atomic E-state index is 0.0614. The fourth-order valence-corrected chi connectivity index (χ4v) is 4.38. The highest BCUT2D eigenvalue weighted by molar-refractivity contribution is 6.29. The van der Waals surface area contributed by atoms with E-state index >= 15 is 0 Å². The number of hydrogen-bond donors (Lipinski definition) is 3. The topological polar surface area (TPSA) is 116 Å². The SMILES string of the molecule is Cc1cccc(C)c1C(=O)N[C@@H](Cc1ccc(N2C(=O)C3=CNCCC3C2=O)cc1)C(=O)O. The lowest BCUT2D eigenvalue weighted by Gasteiger charge is -2.18. The number of carbonyl (C=O) groups excluding carboxylic acids is 3. The van der Waals surface area contributed by atoms with Gasteiger partial charge >= 0.3 is 5.97 Å². The number of carboxylic acids is 1. The van der Waals surface area contributed by atoms with Crippen molar-refractivity contribution in [2.75, 3.05) is 11.4 Å². The summed E-state index contributed by atoms with van der Waals surface area (Å²) in [6, 6.07) is 10.9. The fraction of sp³-hybridized carbons (Fsp3) is 0.280. The lowest BCUT2D eigenvalue weighted by atomic mass is 9.97. The Morgan fingerprint density at radius 3 is 2.39 bits per heavy atom. The summed E-state index contributed by atoms with van der Waals surface area (Å²) in [5.41, 5.74) is 3.57. The van der Waals surface area contributed by atoms with Crippen molar-refractivity contribution in [3.63, 3.8) is 0 Å². The minimum atomic E-state index is -1.15. The number of aliphatic carboxylic acids is 1. The standard InChI is InChI=1S/C25H25N3O5/c1-14-4-3-5-15(2)21(14)22(29)27-20(25(32)33)12-16-6-8-17(9-7-16)28-23(30)18-10-11-26-13-19(18)24(28)31/h3-9,13,18,20,26H,10-12H2,1-2H3,(H,27,29)(H,32,33)/t18?,20-/m0/s1. The fourth-order valence-electron chi connectivity index (χ4n) is 4.38. The van der Waals surface area contributed by atoms with Gasteiger partial charge in [-0.1, -0.05) is 30.3 Å². The van der Waals surface area contributed by atoms with Gasteiger partial charge in [0.2, 0.25) is 5.91 Å². The normalized spacial score (nSPS) is 18.3. The Hall–Kier alpha value is -3.94. The molecule has 1 unspecified atom stereocenters. The van der Waals surface area contributed by atoms with Crippen molar-refractivity contribution in [2.45, 2.75) is 32.7 Å². The van der Waals surface area contributed by atoms with Gasteiger partial charge in [0.05, 0.1) is 11.6 Å². The molecule has 8 heteroatoms. The largest absolute Gasteiger partial charge is 0.480 e. The van der Waals surface area contributed by atoms with Gasteiger partial charge in [-0.2, -0.15) is 0 Å². The monoisotopic (exact) mass is 447 g/mol. The van der Waals surface area contributed by atoms with Gasteiger partial charge in [-0.3, -0.25) is 14.4 Å². The van der Waals surface area contributed by atoms with Gasteiger partial charge in [0, 0.05) is 30.3 Å². The molecule has 170 valence electrons. The molecule has 4 rings (SSSR count). The predicted molar refractivity (Wildman–Crippen MR) is 122 cm³/mol. The van der Waals surface area contributed by atoms with Gasteiger partial charge in [0.15, 0.2) is 0 Å². The van der Waals surface area contributed by atoms with Crippen molar-refractivity contribution in [3.8, 4) is 0 Å². The Labute approximate surface area is 191 Å². The van der Waals surface area contributed by atoms with Crippen LogP contribution in [-0.2, 0) is 20.8 Å². The summed E-state index contributed by atoms with van der Waals surface area (Å²) < 4.78 is 0. The second-order valence-corrected chi connectivity index (χ2v) is 8.38. The van der Waals surface area contributed by atoms with E-state index in [-0.39, 0.29) is 18.2 Å². The van der Waals surface area contributed by atoms with Crippen molar-refractivity contribution < 1.29 is 24.3 Å². The molecule has 3 N–H and O–H groups in total. The first kappa shape index (κ1) is 22.3. The molecule has 1 fully saturated rings. The number of nitrogens with one attached hydrogen (secondary N) is 2. The summed E-state index contributed by atoms with van der Waals surface area (Å²) in [4.78, 5) is 51.2. The summed E-state index contributed by atoms with van der Waals surface area (Å²) in [5.74, 6) is -2.59. The molecule has 0 bridgehead atoms. The molecule has 2 aromatic carbocycles. The van der Waals surface area contributed by atoms with Crippen LogP contribution in [0, 0.1) is 19.8 Å². The van der Waals surface area contributed by atoms with E-state index in [1.165, 1.54) is 4.90 Å². The van der Waals surface area contributed by atoms with Crippen LogP contribution in [0.1, 0.15) is 33.5 Å². The van der Waals surface area contributed by atoms with Crippen LogP contribution in [0.5, 0.6) is 0 Å². The summed E-state index contributed by atoms with van der Waals surface area (Å²) in [6.45, 7) is 4.25. The quantitative estimate of drug-likeness (QED) is 0.584. The third kappa shape index (κ3) is 4.24. The maximum atomic E-state index is 12.7. The molecule has 1 saturated heterocycles. The molecule has 0 radical (unpaired) electrons. The van der Waals surface area contributed by atoms with Crippen molar-refractivity contribution >= 4 is 29.4 Å². The average Bonchev–Trinajstić information content (AvgIpc) is 3.04. The first-order chi connectivity index (χ1) is 15.8. The van der Waals surface area contributed by atoms with Crippen LogP contribution >= 0.6 is 0 Å². The first-order valence-corrected chi connectivity index (χ1v) is 10.8. The molecular weight excluding hydrogens is 422 g/mol. The van der Waals surface area contributed by atoms with Crippen LogP contribution in [0.4, 0.5) is 5.69 Å². The smallest absolute Gasteiger partial charge is 0.326 e. The molecule has 2 atom stereocenters. The molecule has 2 aromatic rings. The molecule has 3 amide bonds. The number of rotatable bonds is 6. The van der Waals surface area contributed by atoms with Crippen molar-refractivity contribution in [1.29, 1.82) is 0 Å². The van der Waals surface area contributed by atoms with E-state index in [0.717, 1.165) is 11.1 Å². The number of aryl methyl sites for hydroxylation is 2. The third-order valence-electron chi connectivity index (χ3n) is 6.12. The highest BCUT2D eigenvalue weighted by Crippen LogP contribution is 2.33. The predicted octanol–water partition coefficient (Wildman–Crippen LogP) is 2.10. The van der Waals surface area contributed by atoms with E-state index in [0.29, 0.717) is 35.4 Å². The maximum absolute atomic E-state index is 12.7. The minimum Gasteiger partial charge on any atom is -0.480 e. The Morgan fingerprint density at radius 2 is 1.79 bits per heavy atom. The van der Waals surface area contributed by atoms with Gasteiger partial charge in [-0.15, -0.1) is 0 Å². The molecule has 0 aliphatic carbocycles. The zero-order valence-corrected chi connectivity index (χ0v) is 18.4. The first-order valence-electron chi connectivity index (χ1n) is 10.8. The molecule has 0 saturated carbocycles. The van der Waals surface area contributed by atoms with E-state index in [2.05, 4.69) is 10.6 Å². The van der Waals surface area contributed by atoms with Gasteiger partial charge < -0.3 is 15.7 Å². The lowest BCUT2D eigenvalue weighted by molar-refractivity contribution is -0.139. The molecule has 33 heavy (non-hydrogen) atoms. The Kier molecular flexibility index (Phi) is 6.00. The van der Waals surface area contributed by atoms with Crippen LogP contribution < -0.4 is 15.5 Å². The summed E-state index contributed by atoms with van der Waals surface area (Å²) in [5, 5.41) is 15.3. The van der Waals surface area contributed by atoms with Gasteiger partial charge in [0.25, 0.3) is 11.8 Å². The van der Waals surface area contributed by atoms with Gasteiger partial charge in [-0.05, 0) is 49.1 Å². The maximum Gasteiger partial charge on any atom is 0.326 e. The molecule has 2 aliphatic heterocycles. The number of anilines is 1. The number of fused-ring (bicyclic) bond motifs is 1. The summed E-state index contributed by atoms with van der Waals surface area (Å²) >= 11 is 0. The zero-order chi connectivity index (χ0) is 23.7. The number of carbonyl (C=O) groups is 4. The van der Waals surface area contributed by atoms with Crippen LogP contribution in [0.25, 0.3) is 0 Å². The summed E-state index contributed by atoms with van der Waals surface area (Å²) in [6.07, 6.45) is 2.25. The highest BCUT2D eigenvalue weighted by atomic mass is 16.4. The molecule has 0 aromatic heterocycles. The molecule has 8 nitrogen and oxygen atoms in total. The number of benzene rings is 2. The number of imide groups is 1. The molecule has 0 spiro atoms. The Morgan fingerprint density at radius 1 is 1.12 bits per heavy atom. The number of nitrogens with zero attached hydrogens (tertiary/aromatic N) is 1. The van der Waals surface area contributed by atoms with Gasteiger partial charge in [0.1, 0.15) is 6.04 Å². The van der Waals surface area contributed by atoms with Crippen molar-refractivity contribution in [2.24, 2.45) is 5.92 Å². The Bertz CT molecular complexity index is 1150. The van der Waals surface area contributed by atoms with E-state index in [4.69, 9.17) is 0 Å². The number of carboxylic acid groups (broad SMARTS) is 1. The molecular formula is C25H25N3O5. The lowest BCUT2D eigenvalue weighted by Crippen LogP contribution is -2.42. The third-order valence-corrected chi connectivity index (χ3v) is 6.12. The van der Waals surface area contributed by atoms with Crippen molar-refractivity contribution in [3.05, 3.63) is 76.5 Å². The van der Waals surface area contributed by atoms with Crippen LogP contribution in [0.3, 0.4) is 0 Å². The van der Waals surface area contributed by atoms with Gasteiger partial charge in [-0.25, -0.2) is 9.69 Å². The van der Waals surface area contributed by atoms with Crippen molar-refractivity contribution in [1.82, 2.24) is 10.6 Å². The van der Waals surface area contributed by atoms with Crippen LogP contribution in [-0.4, -0.2) is 41.4 Å². The number of hydrogen-bond acceptors (Lipinski definition) is 5. The summed E-state index contributed by atoms with van der Waals surface area (Å²) in [7, 11) is 0. The van der Waals surface area contributed by atoms with E-state index < -0.39 is 23.8 Å². The molecule has 2 heterocycles. The average molecular weight is 447 g/mol. The second kappa shape index (κ2) is 8.90. The molecule has 2 aliphatic rings. The Balaban J connectivity index is 1.49. The van der Waals surface area contributed by atoms with E-state index in [9.17, 15) is 24.3 Å². The highest BCUT2D eigenvalue weighted by Gasteiger charge is 2.44. The van der Waals surface area contributed by atoms with E-state index in [1.54, 1.807) is 56.4 Å².